The zero-order valence-electron chi connectivity index (χ0n) is 16.2. The molecule has 2 aliphatic rings. The summed E-state index contributed by atoms with van der Waals surface area (Å²) in [5.74, 6) is 0.581. The van der Waals surface area contributed by atoms with Crippen LogP contribution in [0.3, 0.4) is 0 Å². The first-order valence-electron chi connectivity index (χ1n) is 9.38. The summed E-state index contributed by atoms with van der Waals surface area (Å²) >= 11 is 5.75. The minimum Gasteiger partial charge on any atom is -0.444 e. The second-order valence-electron chi connectivity index (χ2n) is 8.58. The van der Waals surface area contributed by atoms with Crippen LogP contribution in [0.5, 0.6) is 0 Å². The number of benzene rings is 1. The Morgan fingerprint density at radius 1 is 1.18 bits per heavy atom. The zero-order valence-corrected chi connectivity index (χ0v) is 16.9. The van der Waals surface area contributed by atoms with E-state index >= 15 is 0 Å². The molecule has 0 radical (unpaired) electrons. The van der Waals surface area contributed by atoms with Gasteiger partial charge in [-0.3, -0.25) is 0 Å². The number of fused-ring (bicyclic) bond motifs is 1. The third-order valence-electron chi connectivity index (χ3n) is 5.22. The molecule has 1 heterocycles. The van der Waals surface area contributed by atoms with E-state index in [1.165, 1.54) is 18.2 Å². The molecule has 2 fully saturated rings. The normalized spacial score (nSPS) is 25.1. The molecule has 0 bridgehead atoms. The predicted octanol–water partition coefficient (Wildman–Crippen LogP) is 5.52. The van der Waals surface area contributed by atoms with E-state index in [4.69, 9.17) is 21.1 Å². The maximum absolute atomic E-state index is 13.2. The molecule has 1 amide bonds. The number of halogens is 4. The Labute approximate surface area is 167 Å². The summed E-state index contributed by atoms with van der Waals surface area (Å²) < 4.78 is 50.9. The molecule has 8 heteroatoms. The Morgan fingerprint density at radius 2 is 1.79 bits per heavy atom. The van der Waals surface area contributed by atoms with E-state index in [2.05, 4.69) is 0 Å². The van der Waals surface area contributed by atoms with Crippen molar-refractivity contribution >= 4 is 17.7 Å². The van der Waals surface area contributed by atoms with E-state index in [9.17, 15) is 18.0 Å². The van der Waals surface area contributed by atoms with Crippen LogP contribution in [0, 0.1) is 11.8 Å². The van der Waals surface area contributed by atoms with E-state index in [1.54, 1.807) is 4.90 Å². The van der Waals surface area contributed by atoms with Gasteiger partial charge in [0.25, 0.3) is 0 Å². The van der Waals surface area contributed by atoms with Crippen molar-refractivity contribution in [2.75, 3.05) is 13.1 Å². The van der Waals surface area contributed by atoms with Gasteiger partial charge in [-0.1, -0.05) is 23.7 Å². The molecule has 1 aromatic rings. The highest BCUT2D eigenvalue weighted by molar-refractivity contribution is 6.31. The fourth-order valence-corrected chi connectivity index (χ4v) is 4.37. The van der Waals surface area contributed by atoms with Crippen LogP contribution in [0.1, 0.15) is 44.7 Å². The summed E-state index contributed by atoms with van der Waals surface area (Å²) in [7, 11) is 0. The number of amides is 1. The van der Waals surface area contributed by atoms with Gasteiger partial charge in [0.15, 0.2) is 0 Å². The van der Waals surface area contributed by atoms with Crippen molar-refractivity contribution < 1.29 is 27.4 Å². The number of nitrogens with zero attached hydrogens (tertiary/aromatic N) is 1. The molecule has 1 aromatic carbocycles. The van der Waals surface area contributed by atoms with Crippen LogP contribution in [-0.4, -0.2) is 35.8 Å². The summed E-state index contributed by atoms with van der Waals surface area (Å²) in [6.07, 6.45) is -3.49. The first-order chi connectivity index (χ1) is 12.9. The van der Waals surface area contributed by atoms with Crippen LogP contribution in [0.2, 0.25) is 5.02 Å². The molecule has 0 aromatic heterocycles. The second kappa shape index (κ2) is 7.75. The maximum atomic E-state index is 13.2. The molecule has 28 heavy (non-hydrogen) atoms. The highest BCUT2D eigenvalue weighted by atomic mass is 35.5. The molecule has 1 saturated carbocycles. The zero-order chi connectivity index (χ0) is 20.7. The van der Waals surface area contributed by atoms with Crippen molar-refractivity contribution in [3.8, 4) is 0 Å². The van der Waals surface area contributed by atoms with Gasteiger partial charge in [0.2, 0.25) is 0 Å². The van der Waals surface area contributed by atoms with Gasteiger partial charge in [-0.15, -0.1) is 0 Å². The monoisotopic (exact) mass is 419 g/mol. The molecular weight excluding hydrogens is 395 g/mol. The fraction of sp³-hybridized carbons (Fsp3) is 0.650. The number of alkyl halides is 3. The quantitative estimate of drug-likeness (QED) is 0.647. The van der Waals surface area contributed by atoms with Crippen molar-refractivity contribution in [3.05, 3.63) is 34.3 Å². The van der Waals surface area contributed by atoms with Gasteiger partial charge in [0.05, 0.1) is 23.3 Å². The summed E-state index contributed by atoms with van der Waals surface area (Å²) in [6, 6.07) is 4.13. The lowest BCUT2D eigenvalue weighted by Gasteiger charge is -2.25. The van der Waals surface area contributed by atoms with Gasteiger partial charge in [-0.2, -0.15) is 13.2 Å². The Balaban J connectivity index is 1.55. The standard InChI is InChI=1S/C20H25ClF3NO3/c1-19(2,3)28-18(26)25-9-13-7-15(8-14(13)10-25)27-11-12-5-4-6-16(21)17(12)20(22,23)24/h4-6,13-15H,7-11H2,1-3H3/t13-,14+,15?. The lowest BCUT2D eigenvalue weighted by molar-refractivity contribution is -0.139. The average Bonchev–Trinajstić information content (AvgIpc) is 3.08. The van der Waals surface area contributed by atoms with Crippen molar-refractivity contribution in [2.45, 2.75) is 58.1 Å². The van der Waals surface area contributed by atoms with Gasteiger partial charge in [-0.25, -0.2) is 4.79 Å². The van der Waals surface area contributed by atoms with E-state index < -0.39 is 17.3 Å². The highest BCUT2D eigenvalue weighted by Crippen LogP contribution is 2.41. The second-order valence-corrected chi connectivity index (χ2v) is 8.99. The molecule has 3 rings (SSSR count). The van der Waals surface area contributed by atoms with Crippen LogP contribution in [0.4, 0.5) is 18.0 Å². The summed E-state index contributed by atoms with van der Waals surface area (Å²) in [5.41, 5.74) is -1.31. The van der Waals surface area contributed by atoms with Crippen LogP contribution < -0.4 is 0 Å². The molecule has 0 spiro atoms. The van der Waals surface area contributed by atoms with Gasteiger partial charge in [-0.05, 0) is 57.1 Å². The maximum Gasteiger partial charge on any atom is 0.418 e. The Hall–Kier alpha value is -1.47. The third kappa shape index (κ3) is 4.92. The lowest BCUT2D eigenvalue weighted by Crippen LogP contribution is -2.36. The van der Waals surface area contributed by atoms with E-state index in [0.29, 0.717) is 24.9 Å². The van der Waals surface area contributed by atoms with Crippen LogP contribution >= 0.6 is 11.6 Å². The fourth-order valence-electron chi connectivity index (χ4n) is 4.07. The van der Waals surface area contributed by atoms with Gasteiger partial charge >= 0.3 is 12.3 Å². The van der Waals surface area contributed by atoms with Crippen LogP contribution in [0.25, 0.3) is 0 Å². The first kappa shape index (κ1) is 21.2. The number of hydrogen-bond donors (Lipinski definition) is 0. The van der Waals surface area contributed by atoms with Crippen molar-refractivity contribution in [1.29, 1.82) is 0 Å². The Morgan fingerprint density at radius 3 is 2.32 bits per heavy atom. The first-order valence-corrected chi connectivity index (χ1v) is 9.76. The summed E-state index contributed by atoms with van der Waals surface area (Å²) in [4.78, 5) is 13.9. The molecule has 156 valence electrons. The number of likely N-dealkylation sites (tertiary alicyclic amines) is 1. The van der Waals surface area contributed by atoms with Crippen molar-refractivity contribution in [1.82, 2.24) is 4.90 Å². The molecule has 4 nitrogen and oxygen atoms in total. The van der Waals surface area contributed by atoms with Gasteiger partial charge in [0, 0.05) is 13.1 Å². The minimum atomic E-state index is -4.52. The van der Waals surface area contributed by atoms with Crippen LogP contribution in [-0.2, 0) is 22.3 Å². The molecule has 1 aliphatic carbocycles. The summed E-state index contributed by atoms with van der Waals surface area (Å²) in [6.45, 7) is 6.56. The van der Waals surface area contributed by atoms with E-state index in [1.807, 2.05) is 20.8 Å². The predicted molar refractivity (Wildman–Crippen MR) is 99.1 cm³/mol. The summed E-state index contributed by atoms with van der Waals surface area (Å²) in [5, 5.41) is -0.315. The van der Waals surface area contributed by atoms with Gasteiger partial charge < -0.3 is 14.4 Å². The average molecular weight is 420 g/mol. The molecule has 1 unspecified atom stereocenters. The smallest absolute Gasteiger partial charge is 0.418 e. The van der Waals surface area contributed by atoms with Crippen molar-refractivity contribution in [3.63, 3.8) is 0 Å². The molecule has 3 atom stereocenters. The Kier molecular flexibility index (Phi) is 5.88. The van der Waals surface area contributed by atoms with Crippen molar-refractivity contribution in [2.24, 2.45) is 11.8 Å². The number of hydrogen-bond acceptors (Lipinski definition) is 3. The number of carbonyl (C=O) groups excluding carboxylic acids is 1. The highest BCUT2D eigenvalue weighted by Gasteiger charge is 2.44. The Bertz CT molecular complexity index is 718. The number of rotatable bonds is 3. The van der Waals surface area contributed by atoms with Gasteiger partial charge in [0.1, 0.15) is 5.60 Å². The molecule has 1 saturated heterocycles. The number of ether oxygens (including phenoxy) is 2. The third-order valence-corrected chi connectivity index (χ3v) is 5.53. The lowest BCUT2D eigenvalue weighted by atomic mass is 10.0. The molecule has 0 N–H and O–H groups in total. The number of carbonyl (C=O) groups is 1. The largest absolute Gasteiger partial charge is 0.444 e. The topological polar surface area (TPSA) is 38.8 Å². The molecule has 1 aliphatic heterocycles. The van der Waals surface area contributed by atoms with Crippen LogP contribution in [0.15, 0.2) is 18.2 Å². The minimum absolute atomic E-state index is 0.0486. The van der Waals surface area contributed by atoms with E-state index in [0.717, 1.165) is 12.8 Å². The van der Waals surface area contributed by atoms with E-state index in [-0.39, 0.29) is 29.4 Å². The molecular formula is C20H25ClF3NO3. The SMILES string of the molecule is CC(C)(C)OC(=O)N1C[C@H]2CC(OCc3cccc(Cl)c3C(F)(F)F)C[C@H]2C1.